The normalized spacial score (nSPS) is 11.9. The van der Waals surface area contributed by atoms with Crippen LogP contribution >= 0.6 is 0 Å². The number of hydrogen-bond acceptors (Lipinski definition) is 3. The molecule has 238 valence electrons. The minimum Gasteiger partial charge on any atom is -0.456 e. The van der Waals surface area contributed by atoms with Gasteiger partial charge in [-0.05, 0) is 105 Å². The van der Waals surface area contributed by atoms with Crippen molar-refractivity contribution in [3.8, 4) is 44.5 Å². The van der Waals surface area contributed by atoms with E-state index in [1.807, 2.05) is 24.3 Å². The predicted molar refractivity (Wildman–Crippen MR) is 210 cm³/mol. The molecule has 0 amide bonds. The lowest BCUT2D eigenvalue weighted by Gasteiger charge is -2.07. The van der Waals surface area contributed by atoms with Crippen molar-refractivity contribution in [2.24, 2.45) is 0 Å². The Morgan fingerprint density at radius 2 is 0.431 bits per heavy atom. The third-order valence-electron chi connectivity index (χ3n) is 10.3. The van der Waals surface area contributed by atoms with Gasteiger partial charge in [0.1, 0.15) is 33.5 Å². The molecule has 0 unspecified atom stereocenters. The molecular weight excluding hydrogens is 625 g/mol. The highest BCUT2D eigenvalue weighted by Gasteiger charge is 2.13. The second kappa shape index (κ2) is 10.8. The van der Waals surface area contributed by atoms with Crippen LogP contribution in [0.1, 0.15) is 0 Å². The van der Waals surface area contributed by atoms with E-state index in [4.69, 9.17) is 13.3 Å². The average molecular weight is 653 g/mol. The van der Waals surface area contributed by atoms with Crippen molar-refractivity contribution in [1.82, 2.24) is 0 Å². The van der Waals surface area contributed by atoms with Crippen LogP contribution in [0.3, 0.4) is 0 Å². The largest absolute Gasteiger partial charge is 0.456 e. The molecule has 0 saturated carbocycles. The summed E-state index contributed by atoms with van der Waals surface area (Å²) in [5, 5.41) is 6.79. The van der Waals surface area contributed by atoms with E-state index in [9.17, 15) is 0 Å². The fraction of sp³-hybridized carbons (Fsp3) is 0. The van der Waals surface area contributed by atoms with Crippen LogP contribution in [0, 0.1) is 0 Å². The Morgan fingerprint density at radius 1 is 0.196 bits per heavy atom. The third-order valence-corrected chi connectivity index (χ3v) is 10.3. The standard InChI is InChI=1S/C48H28O3/c1-3-7-43-37(5-1)39-25-33(17-21-45(39)49-43)29-9-13-31(14-10-29)35-19-23-47-41(27-35)42-28-36(20-24-48(42)51-47)32-15-11-30(12-16-32)34-18-22-46-40(26-34)38-6-2-4-8-44(38)50-46/h1-28H. The number of furan rings is 3. The number of benzene rings is 8. The quantitative estimate of drug-likeness (QED) is 0.190. The van der Waals surface area contributed by atoms with Gasteiger partial charge in [-0.3, -0.25) is 0 Å². The van der Waals surface area contributed by atoms with Gasteiger partial charge in [-0.2, -0.15) is 0 Å². The van der Waals surface area contributed by atoms with Crippen molar-refractivity contribution in [3.05, 3.63) is 170 Å². The molecule has 3 heteroatoms. The lowest BCUT2D eigenvalue weighted by Crippen LogP contribution is -1.82. The first-order valence-corrected chi connectivity index (χ1v) is 17.2. The van der Waals surface area contributed by atoms with E-state index in [0.717, 1.165) is 88.1 Å². The second-order valence-electron chi connectivity index (χ2n) is 13.3. The molecule has 3 nitrogen and oxygen atoms in total. The van der Waals surface area contributed by atoms with Gasteiger partial charge < -0.3 is 13.3 Å². The number of hydrogen-bond donors (Lipinski definition) is 0. The zero-order valence-electron chi connectivity index (χ0n) is 27.4. The maximum absolute atomic E-state index is 6.29. The molecule has 0 aliphatic carbocycles. The highest BCUT2D eigenvalue weighted by Crippen LogP contribution is 2.38. The van der Waals surface area contributed by atoms with Crippen molar-refractivity contribution in [2.75, 3.05) is 0 Å². The molecule has 0 N–H and O–H groups in total. The van der Waals surface area contributed by atoms with E-state index < -0.39 is 0 Å². The first kappa shape index (κ1) is 28.0. The van der Waals surface area contributed by atoms with Crippen LogP contribution in [-0.2, 0) is 0 Å². The van der Waals surface area contributed by atoms with Gasteiger partial charge in [0.05, 0.1) is 0 Å². The molecule has 11 rings (SSSR count). The summed E-state index contributed by atoms with van der Waals surface area (Å²) in [7, 11) is 0. The molecule has 0 fully saturated rings. The Hall–Kier alpha value is -6.84. The fourth-order valence-corrected chi connectivity index (χ4v) is 7.66. The third kappa shape index (κ3) is 4.52. The van der Waals surface area contributed by atoms with Crippen molar-refractivity contribution >= 4 is 65.8 Å². The van der Waals surface area contributed by atoms with Gasteiger partial charge in [0.25, 0.3) is 0 Å². The molecular formula is C48H28O3. The monoisotopic (exact) mass is 652 g/mol. The molecule has 0 spiro atoms. The Balaban J connectivity index is 0.907. The summed E-state index contributed by atoms with van der Waals surface area (Å²) < 4.78 is 18.4. The summed E-state index contributed by atoms with van der Waals surface area (Å²) in [6.45, 7) is 0. The van der Waals surface area contributed by atoms with Crippen LogP contribution < -0.4 is 0 Å². The van der Waals surface area contributed by atoms with Crippen LogP contribution in [0.2, 0.25) is 0 Å². The van der Waals surface area contributed by atoms with E-state index in [1.54, 1.807) is 0 Å². The van der Waals surface area contributed by atoms with Crippen molar-refractivity contribution in [1.29, 1.82) is 0 Å². The summed E-state index contributed by atoms with van der Waals surface area (Å²) in [5.41, 5.74) is 14.8. The molecule has 3 heterocycles. The Kier molecular flexibility index (Phi) is 5.96. The number of para-hydroxylation sites is 2. The summed E-state index contributed by atoms with van der Waals surface area (Å²) in [6, 6.07) is 59.9. The maximum Gasteiger partial charge on any atom is 0.135 e. The first-order chi connectivity index (χ1) is 25.2. The molecule has 3 aromatic heterocycles. The van der Waals surface area contributed by atoms with E-state index in [-0.39, 0.29) is 0 Å². The molecule has 0 atom stereocenters. The van der Waals surface area contributed by atoms with Gasteiger partial charge in [-0.15, -0.1) is 0 Å². The van der Waals surface area contributed by atoms with Gasteiger partial charge >= 0.3 is 0 Å². The predicted octanol–water partition coefficient (Wildman–Crippen LogP) is 14.1. The van der Waals surface area contributed by atoms with Gasteiger partial charge in [0.2, 0.25) is 0 Å². The average Bonchev–Trinajstić information content (AvgIpc) is 3.88. The Labute approximate surface area is 292 Å². The van der Waals surface area contributed by atoms with Gasteiger partial charge in [0, 0.05) is 32.3 Å². The van der Waals surface area contributed by atoms with Crippen LogP contribution in [0.4, 0.5) is 0 Å². The Morgan fingerprint density at radius 3 is 0.745 bits per heavy atom. The molecule has 8 aromatic carbocycles. The molecule has 0 aliphatic heterocycles. The summed E-state index contributed by atoms with van der Waals surface area (Å²) >= 11 is 0. The Bertz CT molecular complexity index is 2900. The highest BCUT2D eigenvalue weighted by atomic mass is 16.3. The zero-order valence-corrected chi connectivity index (χ0v) is 27.4. The minimum atomic E-state index is 0.890. The molecule has 51 heavy (non-hydrogen) atoms. The van der Waals surface area contributed by atoms with Crippen LogP contribution in [0.25, 0.3) is 110 Å². The van der Waals surface area contributed by atoms with Gasteiger partial charge in [-0.25, -0.2) is 0 Å². The van der Waals surface area contributed by atoms with E-state index in [2.05, 4.69) is 146 Å². The van der Waals surface area contributed by atoms with Crippen molar-refractivity contribution in [3.63, 3.8) is 0 Å². The number of rotatable bonds is 4. The maximum atomic E-state index is 6.29. The zero-order chi connectivity index (χ0) is 33.5. The number of fused-ring (bicyclic) bond motifs is 9. The molecule has 0 aliphatic rings. The van der Waals surface area contributed by atoms with E-state index >= 15 is 0 Å². The second-order valence-corrected chi connectivity index (χ2v) is 13.3. The van der Waals surface area contributed by atoms with Gasteiger partial charge in [0.15, 0.2) is 0 Å². The van der Waals surface area contributed by atoms with E-state index in [1.165, 1.54) is 22.3 Å². The van der Waals surface area contributed by atoms with Crippen molar-refractivity contribution in [2.45, 2.75) is 0 Å². The van der Waals surface area contributed by atoms with Crippen molar-refractivity contribution < 1.29 is 13.3 Å². The minimum absolute atomic E-state index is 0.890. The summed E-state index contributed by atoms with van der Waals surface area (Å²) in [4.78, 5) is 0. The topological polar surface area (TPSA) is 39.4 Å². The molecule has 0 saturated heterocycles. The SMILES string of the molecule is c1ccc2c(c1)oc1ccc(-c3ccc(-c4ccc5oc6ccc(-c7ccc(-c8ccc9oc%10ccccc%10c9c8)cc7)cc6c5c4)cc3)cc12. The van der Waals surface area contributed by atoms with Crippen LogP contribution in [0.5, 0.6) is 0 Å². The smallest absolute Gasteiger partial charge is 0.135 e. The molecule has 0 bridgehead atoms. The first-order valence-electron chi connectivity index (χ1n) is 17.2. The van der Waals surface area contributed by atoms with Crippen LogP contribution in [-0.4, -0.2) is 0 Å². The van der Waals surface area contributed by atoms with Crippen LogP contribution in [0.15, 0.2) is 183 Å². The van der Waals surface area contributed by atoms with Gasteiger partial charge in [-0.1, -0.05) is 109 Å². The lowest BCUT2D eigenvalue weighted by molar-refractivity contribution is 0.668. The molecule has 0 radical (unpaired) electrons. The fourth-order valence-electron chi connectivity index (χ4n) is 7.66. The summed E-state index contributed by atoms with van der Waals surface area (Å²) in [6.07, 6.45) is 0. The van der Waals surface area contributed by atoms with E-state index in [0.29, 0.717) is 0 Å². The lowest BCUT2D eigenvalue weighted by atomic mass is 9.97. The highest BCUT2D eigenvalue weighted by molar-refractivity contribution is 6.09. The molecule has 11 aromatic rings. The summed E-state index contributed by atoms with van der Waals surface area (Å²) in [5.74, 6) is 0.